The molecule has 6 heteroatoms. The SMILES string of the molecule is CC(C)CC(=O)NC(C(=O)NCC1(c2cccc(Cl)c2)CCOCC1)c1ccccc1. The Hall–Kier alpha value is -2.37. The van der Waals surface area contributed by atoms with Crippen LogP contribution in [0.1, 0.15) is 50.3 Å². The second kappa shape index (κ2) is 10.8. The van der Waals surface area contributed by atoms with Gasteiger partial charge in [0.05, 0.1) is 0 Å². The molecule has 0 radical (unpaired) electrons. The molecule has 1 saturated heterocycles. The second-order valence-corrected chi connectivity index (χ2v) is 9.07. The standard InChI is InChI=1S/C25H31ClN2O3/c1-18(2)15-22(29)28-23(19-7-4-3-5-8-19)24(30)27-17-25(11-13-31-14-12-25)20-9-6-10-21(26)16-20/h3-10,16,18,23H,11-15,17H2,1-2H3,(H,27,30)(H,28,29). The van der Waals surface area contributed by atoms with Gasteiger partial charge in [-0.25, -0.2) is 0 Å². The van der Waals surface area contributed by atoms with E-state index < -0.39 is 6.04 Å². The quantitative estimate of drug-likeness (QED) is 0.636. The van der Waals surface area contributed by atoms with Gasteiger partial charge in [-0.05, 0) is 42.0 Å². The predicted molar refractivity (Wildman–Crippen MR) is 123 cm³/mol. The molecule has 1 unspecified atom stereocenters. The first kappa shape index (κ1) is 23.3. The fourth-order valence-corrected chi connectivity index (χ4v) is 4.23. The zero-order chi connectivity index (χ0) is 22.3. The van der Waals surface area contributed by atoms with Crippen LogP contribution in [0.4, 0.5) is 0 Å². The van der Waals surface area contributed by atoms with Gasteiger partial charge in [-0.2, -0.15) is 0 Å². The van der Waals surface area contributed by atoms with Crippen molar-refractivity contribution in [2.75, 3.05) is 19.8 Å². The first-order chi connectivity index (χ1) is 14.9. The number of nitrogens with one attached hydrogen (secondary N) is 2. The van der Waals surface area contributed by atoms with Gasteiger partial charge in [-0.15, -0.1) is 0 Å². The highest BCUT2D eigenvalue weighted by Gasteiger charge is 2.36. The molecular formula is C25H31ClN2O3. The van der Waals surface area contributed by atoms with Crippen LogP contribution in [0.3, 0.4) is 0 Å². The molecule has 1 fully saturated rings. The van der Waals surface area contributed by atoms with Crippen LogP contribution < -0.4 is 10.6 Å². The number of carbonyl (C=O) groups is 2. The summed E-state index contributed by atoms with van der Waals surface area (Å²) in [4.78, 5) is 25.7. The summed E-state index contributed by atoms with van der Waals surface area (Å²) in [6.45, 7) is 5.69. The lowest BCUT2D eigenvalue weighted by atomic mass is 9.74. The van der Waals surface area contributed by atoms with Crippen LogP contribution in [0, 0.1) is 5.92 Å². The fourth-order valence-electron chi connectivity index (χ4n) is 4.04. The molecule has 3 rings (SSSR count). The van der Waals surface area contributed by atoms with Gasteiger partial charge in [0.2, 0.25) is 11.8 Å². The number of carbonyl (C=O) groups excluding carboxylic acids is 2. The van der Waals surface area contributed by atoms with Crippen LogP contribution in [-0.2, 0) is 19.7 Å². The minimum absolute atomic E-state index is 0.130. The van der Waals surface area contributed by atoms with E-state index in [2.05, 4.69) is 16.7 Å². The molecule has 2 amide bonds. The Kier molecular flexibility index (Phi) is 8.10. The first-order valence-electron chi connectivity index (χ1n) is 10.9. The molecule has 0 bridgehead atoms. The summed E-state index contributed by atoms with van der Waals surface area (Å²) < 4.78 is 5.59. The number of rotatable bonds is 8. The maximum absolute atomic E-state index is 13.3. The lowest BCUT2D eigenvalue weighted by Crippen LogP contribution is -2.48. The van der Waals surface area contributed by atoms with Gasteiger partial charge in [0, 0.05) is 36.6 Å². The molecule has 0 aromatic heterocycles. The zero-order valence-corrected chi connectivity index (χ0v) is 19.0. The molecule has 5 nitrogen and oxygen atoms in total. The minimum atomic E-state index is -0.733. The summed E-state index contributed by atoms with van der Waals surface area (Å²) in [6.07, 6.45) is 1.97. The number of halogens is 1. The lowest BCUT2D eigenvalue weighted by Gasteiger charge is -2.38. The highest BCUT2D eigenvalue weighted by molar-refractivity contribution is 6.30. The highest BCUT2D eigenvalue weighted by Crippen LogP contribution is 2.35. The van der Waals surface area contributed by atoms with Crippen LogP contribution in [0.15, 0.2) is 54.6 Å². The van der Waals surface area contributed by atoms with Crippen molar-refractivity contribution in [2.45, 2.75) is 44.6 Å². The van der Waals surface area contributed by atoms with E-state index in [1.807, 2.05) is 62.4 Å². The van der Waals surface area contributed by atoms with Gasteiger partial charge in [0.25, 0.3) is 0 Å². The molecule has 0 aliphatic carbocycles. The second-order valence-electron chi connectivity index (χ2n) is 8.63. The normalized spacial score (nSPS) is 16.5. The summed E-state index contributed by atoms with van der Waals surface area (Å²) in [5.74, 6) is -0.126. The van der Waals surface area contributed by atoms with Crippen LogP contribution in [0.5, 0.6) is 0 Å². The summed E-state index contributed by atoms with van der Waals surface area (Å²) >= 11 is 6.25. The van der Waals surface area contributed by atoms with Gasteiger partial charge in [-0.1, -0.05) is 67.9 Å². The Morgan fingerprint density at radius 1 is 1.06 bits per heavy atom. The Bertz CT molecular complexity index is 879. The Labute approximate surface area is 189 Å². The molecule has 1 heterocycles. The largest absolute Gasteiger partial charge is 0.381 e. The smallest absolute Gasteiger partial charge is 0.247 e. The molecule has 1 atom stereocenters. The monoisotopic (exact) mass is 442 g/mol. The molecule has 166 valence electrons. The summed E-state index contributed by atoms with van der Waals surface area (Å²) in [5.41, 5.74) is 1.62. The van der Waals surface area contributed by atoms with Gasteiger partial charge >= 0.3 is 0 Å². The van der Waals surface area contributed by atoms with E-state index in [-0.39, 0.29) is 23.1 Å². The van der Waals surface area contributed by atoms with E-state index in [0.29, 0.717) is 31.2 Å². The van der Waals surface area contributed by atoms with Crippen LogP contribution in [0.25, 0.3) is 0 Å². The van der Waals surface area contributed by atoms with Crippen LogP contribution in [0.2, 0.25) is 5.02 Å². The van der Waals surface area contributed by atoms with Crippen molar-refractivity contribution in [3.8, 4) is 0 Å². The summed E-state index contributed by atoms with van der Waals surface area (Å²) in [5, 5.41) is 6.71. The van der Waals surface area contributed by atoms with E-state index in [4.69, 9.17) is 16.3 Å². The third-order valence-corrected chi connectivity index (χ3v) is 6.02. The number of amides is 2. The first-order valence-corrected chi connectivity index (χ1v) is 11.2. The number of hydrogen-bond donors (Lipinski definition) is 2. The van der Waals surface area contributed by atoms with Gasteiger partial charge in [0.15, 0.2) is 0 Å². The summed E-state index contributed by atoms with van der Waals surface area (Å²) in [7, 11) is 0. The van der Waals surface area contributed by atoms with E-state index >= 15 is 0 Å². The van der Waals surface area contributed by atoms with E-state index in [1.165, 1.54) is 0 Å². The zero-order valence-electron chi connectivity index (χ0n) is 18.2. The number of benzene rings is 2. The van der Waals surface area contributed by atoms with Crippen molar-refractivity contribution >= 4 is 23.4 Å². The van der Waals surface area contributed by atoms with Gasteiger partial charge < -0.3 is 15.4 Å². The Balaban J connectivity index is 1.78. The molecule has 2 aromatic rings. The molecule has 2 aromatic carbocycles. The average molecular weight is 443 g/mol. The molecular weight excluding hydrogens is 412 g/mol. The lowest BCUT2D eigenvalue weighted by molar-refractivity contribution is -0.129. The minimum Gasteiger partial charge on any atom is -0.381 e. The van der Waals surface area contributed by atoms with E-state index in [0.717, 1.165) is 24.0 Å². The van der Waals surface area contributed by atoms with Crippen molar-refractivity contribution in [3.63, 3.8) is 0 Å². The van der Waals surface area contributed by atoms with Crippen molar-refractivity contribution in [1.29, 1.82) is 0 Å². The Morgan fingerprint density at radius 2 is 1.77 bits per heavy atom. The van der Waals surface area contributed by atoms with Crippen LogP contribution in [-0.4, -0.2) is 31.6 Å². The third-order valence-electron chi connectivity index (χ3n) is 5.78. The molecule has 1 aliphatic rings. The third kappa shape index (κ3) is 6.31. The molecule has 1 aliphatic heterocycles. The van der Waals surface area contributed by atoms with Crippen molar-refractivity contribution in [3.05, 3.63) is 70.7 Å². The van der Waals surface area contributed by atoms with Gasteiger partial charge in [0.1, 0.15) is 6.04 Å². The maximum atomic E-state index is 13.3. The highest BCUT2D eigenvalue weighted by atomic mass is 35.5. The molecule has 0 saturated carbocycles. The Morgan fingerprint density at radius 3 is 2.42 bits per heavy atom. The van der Waals surface area contributed by atoms with Crippen molar-refractivity contribution in [1.82, 2.24) is 10.6 Å². The molecule has 2 N–H and O–H groups in total. The fraction of sp³-hybridized carbons (Fsp3) is 0.440. The predicted octanol–water partition coefficient (Wildman–Crippen LogP) is 4.41. The maximum Gasteiger partial charge on any atom is 0.247 e. The van der Waals surface area contributed by atoms with Crippen molar-refractivity contribution in [2.24, 2.45) is 5.92 Å². The topological polar surface area (TPSA) is 67.4 Å². The van der Waals surface area contributed by atoms with Crippen molar-refractivity contribution < 1.29 is 14.3 Å². The number of hydrogen-bond acceptors (Lipinski definition) is 3. The van der Waals surface area contributed by atoms with E-state index in [9.17, 15) is 9.59 Å². The average Bonchev–Trinajstić information content (AvgIpc) is 2.76. The van der Waals surface area contributed by atoms with Gasteiger partial charge in [-0.3, -0.25) is 9.59 Å². The number of ether oxygens (including phenoxy) is 1. The molecule has 0 spiro atoms. The van der Waals surface area contributed by atoms with E-state index in [1.54, 1.807) is 0 Å². The summed E-state index contributed by atoms with van der Waals surface area (Å²) in [6, 6.07) is 16.4. The molecule has 31 heavy (non-hydrogen) atoms. The van der Waals surface area contributed by atoms with Crippen LogP contribution >= 0.6 is 11.6 Å².